The first-order chi connectivity index (χ1) is 11.5. The molecule has 0 aliphatic rings. The number of anilines is 1. The molecule has 1 N–H and O–H groups in total. The summed E-state index contributed by atoms with van der Waals surface area (Å²) >= 11 is 0. The molecule has 24 heavy (non-hydrogen) atoms. The molecular formula is C19H32N2O3. The number of carbonyl (C=O) groups is 1. The lowest BCUT2D eigenvalue weighted by atomic mass is 9.96. The number of unbranched alkanes of at least 4 members (excludes halogenated alkanes) is 2. The first kappa shape index (κ1) is 20.4. The predicted molar refractivity (Wildman–Crippen MR) is 97.6 cm³/mol. The summed E-state index contributed by atoms with van der Waals surface area (Å²) < 4.78 is 11.3. The molecule has 0 spiro atoms. The van der Waals surface area contributed by atoms with Crippen LogP contribution in [0.4, 0.5) is 5.69 Å². The number of aromatic nitrogens is 1. The van der Waals surface area contributed by atoms with Gasteiger partial charge in [-0.3, -0.25) is 4.79 Å². The van der Waals surface area contributed by atoms with Crippen molar-refractivity contribution in [2.45, 2.75) is 72.3 Å². The summed E-state index contributed by atoms with van der Waals surface area (Å²) in [5.74, 6) is 0.495. The molecule has 0 fully saturated rings. The molecule has 5 heteroatoms. The maximum Gasteiger partial charge on any atom is 0.256 e. The minimum Gasteiger partial charge on any atom is -0.477 e. The van der Waals surface area contributed by atoms with E-state index in [1.165, 1.54) is 0 Å². The molecule has 0 saturated heterocycles. The lowest BCUT2D eigenvalue weighted by Crippen LogP contribution is -2.42. The zero-order chi connectivity index (χ0) is 18.0. The number of amides is 1. The van der Waals surface area contributed by atoms with Crippen LogP contribution >= 0.6 is 0 Å². The molecule has 0 aliphatic heterocycles. The van der Waals surface area contributed by atoms with Gasteiger partial charge in [-0.1, -0.05) is 33.1 Å². The third-order valence-corrected chi connectivity index (χ3v) is 3.93. The highest BCUT2D eigenvalue weighted by Gasteiger charge is 2.33. The quantitative estimate of drug-likeness (QED) is 0.605. The average molecular weight is 336 g/mol. The largest absolute Gasteiger partial charge is 0.477 e. The zero-order valence-corrected chi connectivity index (χ0v) is 15.8. The van der Waals surface area contributed by atoms with Crippen LogP contribution in [0.5, 0.6) is 5.88 Å². The summed E-state index contributed by atoms with van der Waals surface area (Å²) in [5, 5.41) is 2.94. The summed E-state index contributed by atoms with van der Waals surface area (Å²) in [4.78, 5) is 17.0. The standard InChI is InChI=1S/C19H32N2O3/c1-6-9-10-11-19(5,24-8-3)18(22)21-16-13-15(4)17(20-14-16)23-12-7-2/h13-14H,6-12H2,1-5H3,(H,21,22)/t19-/m0/s1. The summed E-state index contributed by atoms with van der Waals surface area (Å²) in [5.41, 5.74) is 0.767. The number of pyridine rings is 1. The molecule has 0 aromatic carbocycles. The van der Waals surface area contributed by atoms with Crippen LogP contribution in [0.2, 0.25) is 0 Å². The van der Waals surface area contributed by atoms with E-state index in [2.05, 4.69) is 24.1 Å². The van der Waals surface area contributed by atoms with E-state index in [-0.39, 0.29) is 5.91 Å². The third-order valence-electron chi connectivity index (χ3n) is 3.93. The molecule has 0 bridgehead atoms. The molecule has 5 nitrogen and oxygen atoms in total. The van der Waals surface area contributed by atoms with Crippen molar-refractivity contribution in [1.82, 2.24) is 4.98 Å². The lowest BCUT2D eigenvalue weighted by Gasteiger charge is -2.28. The van der Waals surface area contributed by atoms with Crippen molar-refractivity contribution in [2.24, 2.45) is 0 Å². The highest BCUT2D eigenvalue weighted by Crippen LogP contribution is 2.24. The van der Waals surface area contributed by atoms with Crippen LogP contribution in [0.1, 0.15) is 65.4 Å². The number of aryl methyl sites for hydroxylation is 1. The Morgan fingerprint density at radius 3 is 2.58 bits per heavy atom. The van der Waals surface area contributed by atoms with Gasteiger partial charge in [0.05, 0.1) is 18.5 Å². The van der Waals surface area contributed by atoms with Crippen LogP contribution in [0, 0.1) is 6.92 Å². The van der Waals surface area contributed by atoms with Gasteiger partial charge in [0.15, 0.2) is 0 Å². The van der Waals surface area contributed by atoms with Gasteiger partial charge in [0.1, 0.15) is 5.60 Å². The fourth-order valence-electron chi connectivity index (χ4n) is 2.53. The fourth-order valence-corrected chi connectivity index (χ4v) is 2.53. The van der Waals surface area contributed by atoms with Crippen molar-refractivity contribution < 1.29 is 14.3 Å². The summed E-state index contributed by atoms with van der Waals surface area (Å²) in [6, 6.07) is 1.88. The van der Waals surface area contributed by atoms with E-state index in [0.29, 0.717) is 31.2 Å². The van der Waals surface area contributed by atoms with E-state index in [1.807, 2.05) is 26.8 Å². The molecule has 1 rings (SSSR count). The van der Waals surface area contributed by atoms with Gasteiger partial charge in [-0.15, -0.1) is 0 Å². The van der Waals surface area contributed by atoms with Crippen molar-refractivity contribution in [1.29, 1.82) is 0 Å². The predicted octanol–water partition coefficient (Wildman–Crippen LogP) is 4.49. The van der Waals surface area contributed by atoms with E-state index >= 15 is 0 Å². The van der Waals surface area contributed by atoms with Crippen LogP contribution in [-0.2, 0) is 9.53 Å². The SMILES string of the molecule is CCCCC[C@](C)(OCC)C(=O)Nc1cnc(OCCC)c(C)c1. The van der Waals surface area contributed by atoms with Crippen molar-refractivity contribution >= 4 is 11.6 Å². The number of hydrogen-bond acceptors (Lipinski definition) is 4. The second-order valence-electron chi connectivity index (χ2n) is 6.27. The molecule has 1 amide bonds. The van der Waals surface area contributed by atoms with E-state index < -0.39 is 5.60 Å². The van der Waals surface area contributed by atoms with Gasteiger partial charge in [-0.25, -0.2) is 4.98 Å². The van der Waals surface area contributed by atoms with E-state index in [4.69, 9.17) is 9.47 Å². The average Bonchev–Trinajstić information content (AvgIpc) is 2.54. The van der Waals surface area contributed by atoms with E-state index in [0.717, 1.165) is 31.2 Å². The molecule has 1 aromatic rings. The Kier molecular flexibility index (Phi) is 8.76. The van der Waals surface area contributed by atoms with E-state index in [1.54, 1.807) is 6.20 Å². The smallest absolute Gasteiger partial charge is 0.256 e. The maximum absolute atomic E-state index is 12.7. The molecule has 0 unspecified atom stereocenters. The van der Waals surface area contributed by atoms with Crippen molar-refractivity contribution in [2.75, 3.05) is 18.5 Å². The molecule has 1 aromatic heterocycles. The Labute approximate surface area is 146 Å². The Bertz CT molecular complexity index is 519. The normalized spacial score (nSPS) is 13.4. The van der Waals surface area contributed by atoms with Gasteiger partial charge < -0.3 is 14.8 Å². The molecule has 0 saturated carbocycles. The monoisotopic (exact) mass is 336 g/mol. The molecule has 136 valence electrons. The van der Waals surface area contributed by atoms with Gasteiger partial charge in [0.2, 0.25) is 5.88 Å². The zero-order valence-electron chi connectivity index (χ0n) is 15.8. The van der Waals surface area contributed by atoms with Crippen molar-refractivity contribution in [3.63, 3.8) is 0 Å². The van der Waals surface area contributed by atoms with Gasteiger partial charge in [-0.2, -0.15) is 0 Å². The van der Waals surface area contributed by atoms with Crippen LogP contribution in [0.25, 0.3) is 0 Å². The van der Waals surface area contributed by atoms with Gasteiger partial charge in [0.25, 0.3) is 5.91 Å². The van der Waals surface area contributed by atoms with Crippen molar-refractivity contribution in [3.8, 4) is 5.88 Å². The first-order valence-electron chi connectivity index (χ1n) is 9.01. The second-order valence-corrected chi connectivity index (χ2v) is 6.27. The molecule has 1 atom stereocenters. The number of hydrogen-bond donors (Lipinski definition) is 1. The lowest BCUT2D eigenvalue weighted by molar-refractivity contribution is -0.139. The molecule has 0 radical (unpaired) electrons. The minimum atomic E-state index is -0.810. The third kappa shape index (κ3) is 6.11. The number of carbonyl (C=O) groups excluding carboxylic acids is 1. The Morgan fingerprint density at radius 1 is 1.25 bits per heavy atom. The second kappa shape index (κ2) is 10.3. The topological polar surface area (TPSA) is 60.5 Å². The minimum absolute atomic E-state index is 0.121. The molecule has 1 heterocycles. The van der Waals surface area contributed by atoms with Gasteiger partial charge >= 0.3 is 0 Å². The summed E-state index contributed by atoms with van der Waals surface area (Å²) in [6.45, 7) is 11.1. The Hall–Kier alpha value is -1.62. The first-order valence-corrected chi connectivity index (χ1v) is 9.01. The highest BCUT2D eigenvalue weighted by atomic mass is 16.5. The summed E-state index contributed by atoms with van der Waals surface area (Å²) in [6.07, 6.45) is 6.47. The number of nitrogens with one attached hydrogen (secondary N) is 1. The summed E-state index contributed by atoms with van der Waals surface area (Å²) in [7, 11) is 0. The van der Waals surface area contributed by atoms with Crippen LogP contribution < -0.4 is 10.1 Å². The van der Waals surface area contributed by atoms with Crippen LogP contribution in [-0.4, -0.2) is 29.7 Å². The molecule has 0 aliphatic carbocycles. The fraction of sp³-hybridized carbons (Fsp3) is 0.684. The van der Waals surface area contributed by atoms with E-state index in [9.17, 15) is 4.79 Å². The van der Waals surface area contributed by atoms with Crippen LogP contribution in [0.3, 0.4) is 0 Å². The number of rotatable bonds is 11. The Morgan fingerprint density at radius 2 is 2.00 bits per heavy atom. The molecular weight excluding hydrogens is 304 g/mol. The van der Waals surface area contributed by atoms with Crippen molar-refractivity contribution in [3.05, 3.63) is 17.8 Å². The number of ether oxygens (including phenoxy) is 2. The number of nitrogens with zero attached hydrogens (tertiary/aromatic N) is 1. The van der Waals surface area contributed by atoms with Gasteiger partial charge in [-0.05, 0) is 39.7 Å². The van der Waals surface area contributed by atoms with Gasteiger partial charge in [0, 0.05) is 12.2 Å². The van der Waals surface area contributed by atoms with Crippen LogP contribution in [0.15, 0.2) is 12.3 Å². The highest BCUT2D eigenvalue weighted by molar-refractivity contribution is 5.97. The Balaban J connectivity index is 2.77. The maximum atomic E-state index is 12.7.